The highest BCUT2D eigenvalue weighted by molar-refractivity contribution is 5.95. The molecule has 7 heteroatoms. The van der Waals surface area contributed by atoms with Gasteiger partial charge in [-0.1, -0.05) is 6.58 Å². The van der Waals surface area contributed by atoms with Gasteiger partial charge in [0, 0.05) is 43.1 Å². The number of anilines is 1. The van der Waals surface area contributed by atoms with Gasteiger partial charge in [-0.3, -0.25) is 9.79 Å². The van der Waals surface area contributed by atoms with Crippen LogP contribution in [0.5, 0.6) is 0 Å². The van der Waals surface area contributed by atoms with Crippen molar-refractivity contribution < 1.29 is 4.79 Å². The van der Waals surface area contributed by atoms with Crippen LogP contribution in [0.25, 0.3) is 11.2 Å². The lowest BCUT2D eigenvalue weighted by Crippen LogP contribution is -2.30. The predicted molar refractivity (Wildman–Crippen MR) is 95.4 cm³/mol. The molecule has 1 atom stereocenters. The summed E-state index contributed by atoms with van der Waals surface area (Å²) < 4.78 is 0. The number of carbonyl (C=O) groups excluding carboxylic acids is 1. The molecule has 0 saturated carbocycles. The molecule has 126 valence electrons. The van der Waals surface area contributed by atoms with Crippen LogP contribution < -0.4 is 5.32 Å². The Kier molecular flexibility index (Phi) is 4.59. The zero-order chi connectivity index (χ0) is 17.1. The summed E-state index contributed by atoms with van der Waals surface area (Å²) in [4.78, 5) is 30.0. The number of aliphatic imine (C=N–C) groups is 1. The highest BCUT2D eigenvalue weighted by Gasteiger charge is 2.25. The van der Waals surface area contributed by atoms with Gasteiger partial charge in [0.25, 0.3) is 0 Å². The normalized spacial score (nSPS) is 18.0. The van der Waals surface area contributed by atoms with E-state index in [2.05, 4.69) is 31.8 Å². The summed E-state index contributed by atoms with van der Waals surface area (Å²) in [6.07, 6.45) is 7.63. The SMILES string of the molecule is C=CC(=O)N1CCC(Nc2cnc3[nH]cc(/C=N/C(C)C)c3n2)C1. The van der Waals surface area contributed by atoms with Crippen LogP contribution in [0.2, 0.25) is 0 Å². The minimum Gasteiger partial charge on any atom is -0.364 e. The van der Waals surface area contributed by atoms with E-state index >= 15 is 0 Å². The Morgan fingerprint density at radius 1 is 1.58 bits per heavy atom. The van der Waals surface area contributed by atoms with E-state index in [-0.39, 0.29) is 18.0 Å². The van der Waals surface area contributed by atoms with Crippen molar-refractivity contribution in [3.05, 3.63) is 30.6 Å². The minimum atomic E-state index is -0.0290. The van der Waals surface area contributed by atoms with Crippen LogP contribution in [-0.4, -0.2) is 57.1 Å². The van der Waals surface area contributed by atoms with E-state index in [1.54, 1.807) is 11.1 Å². The van der Waals surface area contributed by atoms with Gasteiger partial charge < -0.3 is 15.2 Å². The van der Waals surface area contributed by atoms with Gasteiger partial charge in [0.2, 0.25) is 5.91 Å². The summed E-state index contributed by atoms with van der Waals surface area (Å²) in [5.74, 6) is 0.679. The lowest BCUT2D eigenvalue weighted by Gasteiger charge is -2.15. The molecular formula is C17H22N6O. The van der Waals surface area contributed by atoms with Crippen molar-refractivity contribution in [2.75, 3.05) is 18.4 Å². The van der Waals surface area contributed by atoms with Gasteiger partial charge in [-0.25, -0.2) is 9.97 Å². The predicted octanol–water partition coefficient (Wildman–Crippen LogP) is 1.98. The molecule has 1 fully saturated rings. The summed E-state index contributed by atoms with van der Waals surface area (Å²) in [5, 5.41) is 3.36. The molecule has 1 unspecified atom stereocenters. The number of carbonyl (C=O) groups is 1. The molecule has 2 aromatic heterocycles. The van der Waals surface area contributed by atoms with Gasteiger partial charge in [-0.15, -0.1) is 0 Å². The molecule has 1 aliphatic heterocycles. The highest BCUT2D eigenvalue weighted by atomic mass is 16.2. The average Bonchev–Trinajstić information content (AvgIpc) is 3.19. The Hall–Kier alpha value is -2.70. The Morgan fingerprint density at radius 3 is 3.17 bits per heavy atom. The van der Waals surface area contributed by atoms with E-state index in [9.17, 15) is 4.79 Å². The fraction of sp³-hybridized carbons (Fsp3) is 0.412. The summed E-state index contributed by atoms with van der Waals surface area (Å²) in [6, 6.07) is 0.406. The number of aromatic nitrogens is 3. The summed E-state index contributed by atoms with van der Waals surface area (Å²) in [6.45, 7) is 8.97. The number of amides is 1. The first-order valence-corrected chi connectivity index (χ1v) is 8.12. The zero-order valence-corrected chi connectivity index (χ0v) is 14.0. The number of likely N-dealkylation sites (tertiary alicyclic amines) is 1. The number of H-pyrrole nitrogens is 1. The standard InChI is InChI=1S/C17H22N6O/c1-4-15(24)23-6-5-13(10-23)21-14-9-20-17-16(22-14)12(8-19-17)7-18-11(2)3/h4,7-9,11,13H,1,5-6,10H2,2-3H3,(H,19,20)(H,21,22)/b18-7+. The largest absolute Gasteiger partial charge is 0.364 e. The van der Waals surface area contributed by atoms with E-state index in [0.717, 1.165) is 29.7 Å². The van der Waals surface area contributed by atoms with Gasteiger partial charge in [-0.2, -0.15) is 0 Å². The lowest BCUT2D eigenvalue weighted by atomic mass is 10.2. The van der Waals surface area contributed by atoms with Crippen molar-refractivity contribution in [1.29, 1.82) is 0 Å². The molecule has 3 heterocycles. The molecule has 0 spiro atoms. The van der Waals surface area contributed by atoms with E-state index in [1.165, 1.54) is 6.08 Å². The molecular weight excluding hydrogens is 304 g/mol. The molecule has 0 aliphatic carbocycles. The summed E-state index contributed by atoms with van der Waals surface area (Å²) in [7, 11) is 0. The maximum Gasteiger partial charge on any atom is 0.246 e. The van der Waals surface area contributed by atoms with Crippen molar-refractivity contribution in [3.8, 4) is 0 Å². The number of rotatable bonds is 5. The van der Waals surface area contributed by atoms with E-state index in [0.29, 0.717) is 12.4 Å². The number of aromatic amines is 1. The summed E-state index contributed by atoms with van der Waals surface area (Å²) in [5.41, 5.74) is 2.45. The second-order valence-corrected chi connectivity index (χ2v) is 6.19. The van der Waals surface area contributed by atoms with E-state index in [4.69, 9.17) is 0 Å². The molecule has 24 heavy (non-hydrogen) atoms. The maximum absolute atomic E-state index is 11.7. The third-order valence-corrected chi connectivity index (χ3v) is 3.95. The molecule has 0 radical (unpaired) electrons. The number of fused-ring (bicyclic) bond motifs is 1. The minimum absolute atomic E-state index is 0.0290. The van der Waals surface area contributed by atoms with Crippen LogP contribution >= 0.6 is 0 Å². The Labute approximate surface area is 140 Å². The Bertz CT molecular complexity index is 778. The fourth-order valence-corrected chi connectivity index (χ4v) is 2.72. The van der Waals surface area contributed by atoms with E-state index in [1.807, 2.05) is 26.3 Å². The molecule has 1 amide bonds. The smallest absolute Gasteiger partial charge is 0.246 e. The summed E-state index contributed by atoms with van der Waals surface area (Å²) >= 11 is 0. The van der Waals surface area contributed by atoms with Crippen LogP contribution in [0.3, 0.4) is 0 Å². The van der Waals surface area contributed by atoms with Gasteiger partial charge in [0.1, 0.15) is 11.3 Å². The number of hydrogen-bond donors (Lipinski definition) is 2. The number of nitrogens with one attached hydrogen (secondary N) is 2. The van der Waals surface area contributed by atoms with Crippen molar-refractivity contribution >= 4 is 29.1 Å². The monoisotopic (exact) mass is 326 g/mol. The Balaban J connectivity index is 1.75. The molecule has 0 bridgehead atoms. The van der Waals surface area contributed by atoms with Crippen LogP contribution in [0.4, 0.5) is 5.82 Å². The average molecular weight is 326 g/mol. The molecule has 2 N–H and O–H groups in total. The topological polar surface area (TPSA) is 86.3 Å². The molecule has 2 aromatic rings. The molecule has 0 aromatic carbocycles. The second-order valence-electron chi connectivity index (χ2n) is 6.19. The van der Waals surface area contributed by atoms with Crippen LogP contribution in [0.1, 0.15) is 25.8 Å². The molecule has 7 nitrogen and oxygen atoms in total. The number of nitrogens with zero attached hydrogens (tertiary/aromatic N) is 4. The van der Waals surface area contributed by atoms with Crippen LogP contribution in [0.15, 0.2) is 30.0 Å². The molecule has 1 saturated heterocycles. The first kappa shape index (κ1) is 16.2. The fourth-order valence-electron chi connectivity index (χ4n) is 2.72. The first-order chi connectivity index (χ1) is 11.6. The van der Waals surface area contributed by atoms with Crippen LogP contribution in [0, 0.1) is 0 Å². The molecule has 3 rings (SSSR count). The third-order valence-electron chi connectivity index (χ3n) is 3.95. The molecule has 1 aliphatic rings. The third kappa shape index (κ3) is 3.45. The van der Waals surface area contributed by atoms with Crippen molar-refractivity contribution in [2.45, 2.75) is 32.4 Å². The maximum atomic E-state index is 11.7. The van der Waals surface area contributed by atoms with E-state index < -0.39 is 0 Å². The quantitative estimate of drug-likeness (QED) is 0.650. The zero-order valence-electron chi connectivity index (χ0n) is 14.0. The number of hydrogen-bond acceptors (Lipinski definition) is 5. The van der Waals surface area contributed by atoms with Crippen molar-refractivity contribution in [3.63, 3.8) is 0 Å². The van der Waals surface area contributed by atoms with Crippen LogP contribution in [-0.2, 0) is 4.79 Å². The van der Waals surface area contributed by atoms with Crippen molar-refractivity contribution in [1.82, 2.24) is 19.9 Å². The van der Waals surface area contributed by atoms with Gasteiger partial charge >= 0.3 is 0 Å². The first-order valence-electron chi connectivity index (χ1n) is 8.12. The Morgan fingerprint density at radius 2 is 2.42 bits per heavy atom. The van der Waals surface area contributed by atoms with Gasteiger partial charge in [-0.05, 0) is 26.3 Å². The highest BCUT2D eigenvalue weighted by Crippen LogP contribution is 2.18. The van der Waals surface area contributed by atoms with Gasteiger partial charge in [0.05, 0.1) is 6.20 Å². The van der Waals surface area contributed by atoms with Crippen molar-refractivity contribution in [2.24, 2.45) is 4.99 Å². The second kappa shape index (κ2) is 6.82. The van der Waals surface area contributed by atoms with Gasteiger partial charge in [0.15, 0.2) is 5.65 Å². The lowest BCUT2D eigenvalue weighted by molar-refractivity contribution is -0.125.